The van der Waals surface area contributed by atoms with Crippen LogP contribution in [0, 0.1) is 17.8 Å². The number of nitrogens with zero attached hydrogens (tertiary/aromatic N) is 2. The van der Waals surface area contributed by atoms with E-state index < -0.39 is 0 Å². The van der Waals surface area contributed by atoms with Crippen LogP contribution in [0.3, 0.4) is 0 Å². The van der Waals surface area contributed by atoms with E-state index in [-0.39, 0.29) is 0 Å². The van der Waals surface area contributed by atoms with Crippen molar-refractivity contribution in [1.29, 1.82) is 0 Å². The van der Waals surface area contributed by atoms with Gasteiger partial charge in [-0.3, -0.25) is 4.79 Å². The van der Waals surface area contributed by atoms with Crippen LogP contribution in [0.5, 0.6) is 0 Å². The maximum Gasteiger partial charge on any atom is 0.222 e. The largest absolute Gasteiger partial charge is 0.343 e. The Kier molecular flexibility index (Phi) is 9.08. The standard InChI is InChI=1S/C17H32N2O.C2H6/c1-14(2)12-17(20)19-10-6-16(7-11-19)13-15-4-8-18(3)9-5-15;1-2/h14-16H,4-13H2,1-3H3;1-2H3. The number of amides is 1. The molecule has 130 valence electrons. The highest BCUT2D eigenvalue weighted by Gasteiger charge is 2.26. The second kappa shape index (κ2) is 10.3. The quantitative estimate of drug-likeness (QED) is 0.782. The maximum atomic E-state index is 12.1. The molecule has 2 rings (SSSR count). The van der Waals surface area contributed by atoms with Crippen molar-refractivity contribution in [3.05, 3.63) is 0 Å². The van der Waals surface area contributed by atoms with E-state index in [2.05, 4.69) is 30.7 Å². The predicted octanol–water partition coefficient (Wildman–Crippen LogP) is 4.03. The first kappa shape index (κ1) is 19.5. The third kappa shape index (κ3) is 6.68. The molecular weight excluding hydrogens is 272 g/mol. The van der Waals surface area contributed by atoms with Crippen LogP contribution in [0.1, 0.15) is 66.2 Å². The van der Waals surface area contributed by atoms with Crippen LogP contribution in [0.2, 0.25) is 0 Å². The summed E-state index contributed by atoms with van der Waals surface area (Å²) in [5.41, 5.74) is 0. The zero-order valence-electron chi connectivity index (χ0n) is 15.6. The van der Waals surface area contributed by atoms with E-state index in [0.29, 0.717) is 11.8 Å². The van der Waals surface area contributed by atoms with E-state index in [1.165, 1.54) is 45.2 Å². The van der Waals surface area contributed by atoms with Crippen molar-refractivity contribution >= 4 is 5.91 Å². The van der Waals surface area contributed by atoms with Crippen LogP contribution in [0.15, 0.2) is 0 Å². The molecule has 22 heavy (non-hydrogen) atoms. The average Bonchev–Trinajstić information content (AvgIpc) is 2.51. The van der Waals surface area contributed by atoms with E-state index in [1.54, 1.807) is 0 Å². The van der Waals surface area contributed by atoms with E-state index in [4.69, 9.17) is 0 Å². The molecule has 2 aliphatic heterocycles. The number of piperidine rings is 2. The molecule has 0 unspecified atom stereocenters. The minimum Gasteiger partial charge on any atom is -0.343 e. The molecule has 0 aromatic rings. The lowest BCUT2D eigenvalue weighted by Crippen LogP contribution is -2.39. The molecule has 0 radical (unpaired) electrons. The zero-order chi connectivity index (χ0) is 16.5. The third-order valence-electron chi connectivity index (χ3n) is 5.05. The fourth-order valence-electron chi connectivity index (χ4n) is 3.67. The molecule has 2 fully saturated rings. The average molecular weight is 311 g/mol. The first-order valence-electron chi connectivity index (χ1n) is 9.51. The summed E-state index contributed by atoms with van der Waals surface area (Å²) in [6.07, 6.45) is 7.35. The van der Waals surface area contributed by atoms with Crippen LogP contribution in [0.4, 0.5) is 0 Å². The minimum absolute atomic E-state index is 0.373. The molecule has 3 nitrogen and oxygen atoms in total. The lowest BCUT2D eigenvalue weighted by Gasteiger charge is -2.36. The van der Waals surface area contributed by atoms with Gasteiger partial charge in [-0.25, -0.2) is 0 Å². The highest BCUT2D eigenvalue weighted by Crippen LogP contribution is 2.29. The van der Waals surface area contributed by atoms with Crippen molar-refractivity contribution in [1.82, 2.24) is 9.80 Å². The van der Waals surface area contributed by atoms with Crippen LogP contribution >= 0.6 is 0 Å². The lowest BCUT2D eigenvalue weighted by molar-refractivity contribution is -0.133. The van der Waals surface area contributed by atoms with Gasteiger partial charge in [-0.1, -0.05) is 27.7 Å². The van der Waals surface area contributed by atoms with Crippen molar-refractivity contribution < 1.29 is 4.79 Å². The maximum absolute atomic E-state index is 12.1. The molecule has 0 N–H and O–H groups in total. The van der Waals surface area contributed by atoms with Crippen molar-refractivity contribution in [3.8, 4) is 0 Å². The smallest absolute Gasteiger partial charge is 0.222 e. The van der Waals surface area contributed by atoms with Gasteiger partial charge in [0.1, 0.15) is 0 Å². The number of likely N-dealkylation sites (tertiary alicyclic amines) is 2. The molecule has 0 aliphatic carbocycles. The second-order valence-corrected chi connectivity index (χ2v) is 7.40. The van der Waals surface area contributed by atoms with E-state index in [1.807, 2.05) is 13.8 Å². The van der Waals surface area contributed by atoms with Gasteiger partial charge in [0.25, 0.3) is 0 Å². The van der Waals surface area contributed by atoms with Crippen LogP contribution < -0.4 is 0 Å². The Morgan fingerprint density at radius 2 is 1.41 bits per heavy atom. The number of carbonyl (C=O) groups excluding carboxylic acids is 1. The topological polar surface area (TPSA) is 23.6 Å². The van der Waals surface area contributed by atoms with Gasteiger partial charge in [0, 0.05) is 19.5 Å². The molecule has 2 heterocycles. The minimum atomic E-state index is 0.373. The highest BCUT2D eigenvalue weighted by atomic mass is 16.2. The highest BCUT2D eigenvalue weighted by molar-refractivity contribution is 5.76. The Morgan fingerprint density at radius 3 is 1.86 bits per heavy atom. The molecule has 3 heteroatoms. The summed E-state index contributed by atoms with van der Waals surface area (Å²) in [7, 11) is 2.23. The predicted molar refractivity (Wildman–Crippen MR) is 94.9 cm³/mol. The number of rotatable bonds is 4. The van der Waals surface area contributed by atoms with Gasteiger partial charge in [0.2, 0.25) is 5.91 Å². The van der Waals surface area contributed by atoms with Gasteiger partial charge in [0.15, 0.2) is 0 Å². The normalized spacial score (nSPS) is 21.6. The molecule has 0 saturated carbocycles. The number of hydrogen-bond acceptors (Lipinski definition) is 2. The SMILES string of the molecule is CC.CC(C)CC(=O)N1CCC(CC2CCN(C)CC2)CC1. The molecule has 1 amide bonds. The molecule has 0 aromatic heterocycles. The van der Waals surface area contributed by atoms with E-state index in [9.17, 15) is 4.79 Å². The van der Waals surface area contributed by atoms with Crippen molar-refractivity contribution in [2.45, 2.75) is 66.2 Å². The first-order valence-corrected chi connectivity index (χ1v) is 9.51. The molecule has 0 bridgehead atoms. The molecule has 0 atom stereocenters. The Balaban J connectivity index is 0.00000116. The summed E-state index contributed by atoms with van der Waals surface area (Å²) in [6.45, 7) is 12.8. The van der Waals surface area contributed by atoms with Crippen LogP contribution in [0.25, 0.3) is 0 Å². The summed E-state index contributed by atoms with van der Waals surface area (Å²) in [4.78, 5) is 16.6. The summed E-state index contributed by atoms with van der Waals surface area (Å²) in [6, 6.07) is 0. The lowest BCUT2D eigenvalue weighted by atomic mass is 9.83. The van der Waals surface area contributed by atoms with Gasteiger partial charge in [-0.15, -0.1) is 0 Å². The second-order valence-electron chi connectivity index (χ2n) is 7.40. The fourth-order valence-corrected chi connectivity index (χ4v) is 3.67. The summed E-state index contributed by atoms with van der Waals surface area (Å²) < 4.78 is 0. The molecule has 2 aliphatic rings. The first-order chi connectivity index (χ1) is 10.5. The Bertz CT molecular complexity index is 301. The monoisotopic (exact) mass is 310 g/mol. The Hall–Kier alpha value is -0.570. The Morgan fingerprint density at radius 1 is 0.955 bits per heavy atom. The van der Waals surface area contributed by atoms with Crippen molar-refractivity contribution in [2.24, 2.45) is 17.8 Å². The molecule has 0 aromatic carbocycles. The zero-order valence-corrected chi connectivity index (χ0v) is 15.6. The van der Waals surface area contributed by atoms with Gasteiger partial charge in [0.05, 0.1) is 0 Å². The molecule has 0 spiro atoms. The number of hydrogen-bond donors (Lipinski definition) is 0. The van der Waals surface area contributed by atoms with Crippen molar-refractivity contribution in [3.63, 3.8) is 0 Å². The molecular formula is C19H38N2O. The van der Waals surface area contributed by atoms with Crippen LogP contribution in [-0.4, -0.2) is 48.9 Å². The number of carbonyl (C=O) groups is 1. The fraction of sp³-hybridized carbons (Fsp3) is 0.947. The summed E-state index contributed by atoms with van der Waals surface area (Å²) in [5, 5.41) is 0. The van der Waals surface area contributed by atoms with E-state index >= 15 is 0 Å². The van der Waals surface area contributed by atoms with Gasteiger partial charge in [-0.05, 0) is 70.0 Å². The van der Waals surface area contributed by atoms with Crippen LogP contribution in [-0.2, 0) is 4.79 Å². The van der Waals surface area contributed by atoms with Gasteiger partial charge >= 0.3 is 0 Å². The third-order valence-corrected chi connectivity index (χ3v) is 5.05. The van der Waals surface area contributed by atoms with E-state index in [0.717, 1.165) is 31.3 Å². The van der Waals surface area contributed by atoms with Gasteiger partial charge in [-0.2, -0.15) is 0 Å². The molecule has 2 saturated heterocycles. The van der Waals surface area contributed by atoms with Gasteiger partial charge < -0.3 is 9.80 Å². The summed E-state index contributed by atoms with van der Waals surface area (Å²) in [5.74, 6) is 2.66. The Labute approximate surface area is 138 Å². The van der Waals surface area contributed by atoms with Crippen molar-refractivity contribution in [2.75, 3.05) is 33.2 Å². The summed E-state index contributed by atoms with van der Waals surface area (Å²) >= 11 is 0.